The summed E-state index contributed by atoms with van der Waals surface area (Å²) in [5.41, 5.74) is 5.24. The van der Waals surface area contributed by atoms with E-state index in [9.17, 15) is 4.79 Å². The fraction of sp³-hybridized carbons (Fsp3) is 0.261. The van der Waals surface area contributed by atoms with Crippen molar-refractivity contribution in [3.05, 3.63) is 74.9 Å². The predicted molar refractivity (Wildman–Crippen MR) is 124 cm³/mol. The van der Waals surface area contributed by atoms with Crippen LogP contribution in [0, 0.1) is 17.4 Å². The highest BCUT2D eigenvalue weighted by Gasteiger charge is 2.23. The summed E-state index contributed by atoms with van der Waals surface area (Å²) in [6.45, 7) is 7.10. The Labute approximate surface area is 184 Å². The second-order valence-corrected chi connectivity index (χ2v) is 8.61. The Bertz CT molecular complexity index is 1010. The zero-order chi connectivity index (χ0) is 20.4. The minimum Gasteiger partial charge on any atom is -0.352 e. The van der Waals surface area contributed by atoms with E-state index in [0.29, 0.717) is 13.1 Å². The molecule has 1 fully saturated rings. The molecule has 29 heavy (non-hydrogen) atoms. The number of carbonyl (C=O) groups excluding carboxylic acids is 1. The van der Waals surface area contributed by atoms with Gasteiger partial charge < -0.3 is 9.80 Å². The minimum absolute atomic E-state index is 0.0947. The van der Waals surface area contributed by atoms with Gasteiger partial charge in [0.15, 0.2) is 5.82 Å². The molecule has 1 saturated heterocycles. The zero-order valence-corrected chi connectivity index (χ0v) is 18.8. The molecular weight excluding hydrogens is 475 g/mol. The SMILES string of the molecule is Cc1ccc(-c2ccc(N3CCN(C(=O)c4ccc(I)cc4)CC3)nn2)cc1C. The van der Waals surface area contributed by atoms with Gasteiger partial charge in [-0.15, -0.1) is 10.2 Å². The molecule has 0 saturated carbocycles. The minimum atomic E-state index is 0.0947. The van der Waals surface area contributed by atoms with Crippen molar-refractivity contribution in [3.63, 3.8) is 0 Å². The van der Waals surface area contributed by atoms with Crippen LogP contribution in [0.1, 0.15) is 21.5 Å². The largest absolute Gasteiger partial charge is 0.352 e. The van der Waals surface area contributed by atoms with Crippen molar-refractivity contribution in [2.75, 3.05) is 31.1 Å². The van der Waals surface area contributed by atoms with Gasteiger partial charge in [-0.1, -0.05) is 12.1 Å². The van der Waals surface area contributed by atoms with Crippen LogP contribution in [-0.4, -0.2) is 47.2 Å². The van der Waals surface area contributed by atoms with E-state index in [1.807, 2.05) is 41.3 Å². The molecule has 0 spiro atoms. The maximum Gasteiger partial charge on any atom is 0.253 e. The summed E-state index contributed by atoms with van der Waals surface area (Å²) in [6, 6.07) is 18.1. The van der Waals surface area contributed by atoms with Gasteiger partial charge >= 0.3 is 0 Å². The highest BCUT2D eigenvalue weighted by molar-refractivity contribution is 14.1. The van der Waals surface area contributed by atoms with E-state index in [1.54, 1.807) is 0 Å². The lowest BCUT2D eigenvalue weighted by Crippen LogP contribution is -2.49. The van der Waals surface area contributed by atoms with Crippen LogP contribution in [0.5, 0.6) is 0 Å². The van der Waals surface area contributed by atoms with Crippen molar-refractivity contribution in [3.8, 4) is 11.3 Å². The molecule has 0 aliphatic carbocycles. The van der Waals surface area contributed by atoms with Crippen LogP contribution in [-0.2, 0) is 0 Å². The molecule has 0 radical (unpaired) electrons. The molecule has 1 aliphatic rings. The fourth-order valence-corrected chi connectivity index (χ4v) is 3.82. The van der Waals surface area contributed by atoms with Crippen molar-refractivity contribution >= 4 is 34.3 Å². The molecule has 148 valence electrons. The summed E-state index contributed by atoms with van der Waals surface area (Å²) in [6.07, 6.45) is 0. The van der Waals surface area contributed by atoms with Crippen molar-refractivity contribution in [1.82, 2.24) is 15.1 Å². The van der Waals surface area contributed by atoms with Gasteiger partial charge in [0.1, 0.15) is 0 Å². The summed E-state index contributed by atoms with van der Waals surface area (Å²) >= 11 is 2.25. The molecule has 0 unspecified atom stereocenters. The zero-order valence-electron chi connectivity index (χ0n) is 16.6. The molecule has 2 heterocycles. The highest BCUT2D eigenvalue weighted by Crippen LogP contribution is 2.22. The Balaban J connectivity index is 1.40. The van der Waals surface area contributed by atoms with Gasteiger partial charge in [-0.2, -0.15) is 0 Å². The summed E-state index contributed by atoms with van der Waals surface area (Å²) in [5, 5.41) is 8.87. The third kappa shape index (κ3) is 4.42. The van der Waals surface area contributed by atoms with Crippen LogP contribution in [0.3, 0.4) is 0 Å². The second kappa shape index (κ2) is 8.49. The van der Waals surface area contributed by atoms with Gasteiger partial charge in [0.25, 0.3) is 5.91 Å². The summed E-state index contributed by atoms with van der Waals surface area (Å²) < 4.78 is 1.13. The number of aryl methyl sites for hydroxylation is 2. The van der Waals surface area contributed by atoms with Crippen LogP contribution < -0.4 is 4.90 Å². The molecule has 0 N–H and O–H groups in total. The van der Waals surface area contributed by atoms with Gasteiger partial charge in [0, 0.05) is 40.9 Å². The number of carbonyl (C=O) groups is 1. The van der Waals surface area contributed by atoms with E-state index < -0.39 is 0 Å². The maximum absolute atomic E-state index is 12.7. The van der Waals surface area contributed by atoms with Crippen LogP contribution in [0.2, 0.25) is 0 Å². The molecule has 3 aromatic rings. The quantitative estimate of drug-likeness (QED) is 0.505. The third-order valence-corrected chi connectivity index (χ3v) is 6.15. The number of nitrogens with zero attached hydrogens (tertiary/aromatic N) is 4. The highest BCUT2D eigenvalue weighted by atomic mass is 127. The average molecular weight is 498 g/mol. The number of hydrogen-bond acceptors (Lipinski definition) is 4. The summed E-state index contributed by atoms with van der Waals surface area (Å²) in [7, 11) is 0. The smallest absolute Gasteiger partial charge is 0.253 e. The molecule has 1 aliphatic heterocycles. The van der Waals surface area contributed by atoms with E-state index in [2.05, 4.69) is 69.7 Å². The molecule has 0 atom stereocenters. The number of halogens is 1. The van der Waals surface area contributed by atoms with Crippen molar-refractivity contribution < 1.29 is 4.79 Å². The first kappa shape index (κ1) is 19.8. The van der Waals surface area contributed by atoms with Crippen LogP contribution in [0.15, 0.2) is 54.6 Å². The monoisotopic (exact) mass is 498 g/mol. The number of aromatic nitrogens is 2. The van der Waals surface area contributed by atoms with Crippen molar-refractivity contribution in [1.29, 1.82) is 0 Å². The molecular formula is C23H23IN4O. The lowest BCUT2D eigenvalue weighted by atomic mass is 10.0. The first-order valence-corrected chi connectivity index (χ1v) is 10.8. The molecule has 0 bridgehead atoms. The number of rotatable bonds is 3. The first-order valence-electron chi connectivity index (χ1n) is 9.72. The molecule has 5 nitrogen and oxygen atoms in total. The maximum atomic E-state index is 12.7. The molecule has 6 heteroatoms. The Hall–Kier alpha value is -2.48. The third-order valence-electron chi connectivity index (χ3n) is 5.44. The topological polar surface area (TPSA) is 49.3 Å². The summed E-state index contributed by atoms with van der Waals surface area (Å²) in [4.78, 5) is 16.8. The molecule has 1 amide bonds. The normalized spacial score (nSPS) is 14.2. The standard InChI is InChI=1S/C23H23IN4O/c1-16-3-4-19(15-17(16)2)21-9-10-22(26-25-21)27-11-13-28(14-12-27)23(29)18-5-7-20(24)8-6-18/h3-10,15H,11-14H2,1-2H3. The average Bonchev–Trinajstić information content (AvgIpc) is 2.76. The van der Waals surface area contributed by atoms with E-state index in [-0.39, 0.29) is 5.91 Å². The molecule has 1 aromatic heterocycles. The van der Waals surface area contributed by atoms with E-state index in [4.69, 9.17) is 0 Å². The van der Waals surface area contributed by atoms with Gasteiger partial charge in [-0.05, 0) is 90.0 Å². The second-order valence-electron chi connectivity index (χ2n) is 7.36. The number of hydrogen-bond donors (Lipinski definition) is 0. The Morgan fingerprint density at radius 1 is 0.862 bits per heavy atom. The number of piperazine rings is 1. The lowest BCUT2D eigenvalue weighted by molar-refractivity contribution is 0.0746. The van der Waals surface area contributed by atoms with Crippen molar-refractivity contribution in [2.45, 2.75) is 13.8 Å². The predicted octanol–water partition coefficient (Wildman–Crippen LogP) is 4.33. The molecule has 2 aromatic carbocycles. The summed E-state index contributed by atoms with van der Waals surface area (Å²) in [5.74, 6) is 0.955. The van der Waals surface area contributed by atoms with Crippen molar-refractivity contribution in [2.24, 2.45) is 0 Å². The van der Waals surface area contributed by atoms with Gasteiger partial charge in [-0.3, -0.25) is 4.79 Å². The van der Waals surface area contributed by atoms with Gasteiger partial charge in [-0.25, -0.2) is 0 Å². The van der Waals surface area contributed by atoms with Crippen LogP contribution in [0.25, 0.3) is 11.3 Å². The Morgan fingerprint density at radius 3 is 2.21 bits per heavy atom. The van der Waals surface area contributed by atoms with Gasteiger partial charge in [0.05, 0.1) is 5.69 Å². The van der Waals surface area contributed by atoms with E-state index >= 15 is 0 Å². The first-order chi connectivity index (χ1) is 14.0. The number of benzene rings is 2. The van der Waals surface area contributed by atoms with E-state index in [0.717, 1.165) is 39.3 Å². The number of anilines is 1. The number of amides is 1. The van der Waals surface area contributed by atoms with Gasteiger partial charge in [0.2, 0.25) is 0 Å². The lowest BCUT2D eigenvalue weighted by Gasteiger charge is -2.35. The van der Waals surface area contributed by atoms with Crippen LogP contribution in [0.4, 0.5) is 5.82 Å². The fourth-order valence-electron chi connectivity index (χ4n) is 3.46. The Morgan fingerprint density at radius 2 is 1.59 bits per heavy atom. The van der Waals surface area contributed by atoms with Crippen LogP contribution >= 0.6 is 22.6 Å². The van der Waals surface area contributed by atoms with E-state index in [1.165, 1.54) is 11.1 Å². The molecule has 4 rings (SSSR count). The Kier molecular flexibility index (Phi) is 5.80.